The lowest BCUT2D eigenvalue weighted by Crippen LogP contribution is -2.53. The van der Waals surface area contributed by atoms with E-state index in [4.69, 9.17) is 16.3 Å². The summed E-state index contributed by atoms with van der Waals surface area (Å²) in [5, 5.41) is 32.0. The normalized spacial score (nSPS) is 25.7. The third-order valence-corrected chi connectivity index (χ3v) is 13.8. The first-order valence-corrected chi connectivity index (χ1v) is 19.2. The zero-order valence-corrected chi connectivity index (χ0v) is 32.7. The van der Waals surface area contributed by atoms with Gasteiger partial charge in [-0.3, -0.25) is 29.5 Å². The van der Waals surface area contributed by atoms with Crippen molar-refractivity contribution in [1.82, 2.24) is 5.01 Å². The van der Waals surface area contributed by atoms with Crippen molar-refractivity contribution in [3.05, 3.63) is 121 Å². The molecule has 4 amide bonds. The van der Waals surface area contributed by atoms with Gasteiger partial charge in [-0.1, -0.05) is 47.5 Å². The number of carbonyl (C=O) groups excluding carboxylic acids is 4. The van der Waals surface area contributed by atoms with Crippen molar-refractivity contribution in [3.63, 3.8) is 0 Å². The Morgan fingerprint density at radius 1 is 0.927 bits per heavy atom. The number of carbonyl (C=O) groups is 4. The van der Waals surface area contributed by atoms with Gasteiger partial charge < -0.3 is 19.9 Å². The molecule has 4 aliphatic rings. The smallest absolute Gasteiger partial charge is 0.488 e. The molecule has 16 heteroatoms. The number of allylic oxidation sites excluding steroid dienone is 2. The van der Waals surface area contributed by atoms with E-state index in [2.05, 4.69) is 37.3 Å². The van der Waals surface area contributed by atoms with Gasteiger partial charge in [-0.25, -0.2) is 4.39 Å². The number of phenols is 1. The number of aromatic hydroxyl groups is 1. The van der Waals surface area contributed by atoms with Crippen LogP contribution in [0.1, 0.15) is 29.9 Å². The van der Waals surface area contributed by atoms with Crippen LogP contribution < -0.4 is 20.5 Å². The van der Waals surface area contributed by atoms with Crippen LogP contribution >= 0.6 is 43.5 Å². The highest BCUT2D eigenvalue weighted by Gasteiger charge is 2.70. The Bertz CT molecular complexity index is 2330. The van der Waals surface area contributed by atoms with Gasteiger partial charge in [0, 0.05) is 15.4 Å². The number of imide groups is 2. The maximum Gasteiger partial charge on any atom is 0.488 e. The molecule has 8 rings (SSSR count). The number of anilines is 2. The first-order valence-electron chi connectivity index (χ1n) is 17.2. The Kier molecular flexibility index (Phi) is 9.44. The van der Waals surface area contributed by atoms with Gasteiger partial charge >= 0.3 is 7.12 Å². The number of hydrogen-bond donors (Lipinski definition) is 4. The Hall–Kier alpha value is -4.54. The summed E-state index contributed by atoms with van der Waals surface area (Å²) in [6.07, 6.45) is 2.00. The monoisotopic (exact) mass is 891 g/mol. The minimum absolute atomic E-state index is 0.00540. The van der Waals surface area contributed by atoms with E-state index in [1.807, 2.05) is 6.08 Å². The third kappa shape index (κ3) is 5.65. The van der Waals surface area contributed by atoms with Crippen LogP contribution in [-0.2, 0) is 24.6 Å². The molecule has 1 saturated carbocycles. The summed E-state index contributed by atoms with van der Waals surface area (Å²) in [5.41, 5.74) is 3.34. The Labute approximate surface area is 336 Å². The number of fused-ring (bicyclic) bond motifs is 4. The van der Waals surface area contributed by atoms with Crippen LogP contribution in [0, 0.1) is 29.5 Å². The predicted molar refractivity (Wildman–Crippen MR) is 208 cm³/mol. The predicted octanol–water partition coefficient (Wildman–Crippen LogP) is 5.59. The summed E-state index contributed by atoms with van der Waals surface area (Å²) < 4.78 is 20.1. The van der Waals surface area contributed by atoms with Crippen molar-refractivity contribution >= 4 is 91.0 Å². The van der Waals surface area contributed by atoms with Gasteiger partial charge in [-0.15, -0.1) is 0 Å². The lowest BCUT2D eigenvalue weighted by Gasteiger charge is -2.51. The van der Waals surface area contributed by atoms with Crippen molar-refractivity contribution in [2.45, 2.75) is 24.2 Å². The zero-order chi connectivity index (χ0) is 39.1. The van der Waals surface area contributed by atoms with Gasteiger partial charge in [0.2, 0.25) is 11.8 Å². The number of nitrogens with one attached hydrogen (secondary N) is 1. The molecule has 0 aromatic heterocycles. The molecule has 2 aliphatic carbocycles. The zero-order valence-electron chi connectivity index (χ0n) is 28.8. The number of ether oxygens (including phenoxy) is 1. The van der Waals surface area contributed by atoms with Gasteiger partial charge in [0.15, 0.2) is 11.5 Å². The molecule has 3 fully saturated rings. The first kappa shape index (κ1) is 37.4. The molecule has 2 saturated heterocycles. The molecule has 4 aromatic carbocycles. The van der Waals surface area contributed by atoms with E-state index in [1.165, 1.54) is 55.6 Å². The van der Waals surface area contributed by atoms with E-state index in [0.29, 0.717) is 26.2 Å². The second-order valence-electron chi connectivity index (χ2n) is 14.0. The number of halogens is 4. The molecule has 55 heavy (non-hydrogen) atoms. The van der Waals surface area contributed by atoms with Crippen molar-refractivity contribution in [2.24, 2.45) is 23.7 Å². The van der Waals surface area contributed by atoms with E-state index in [-0.39, 0.29) is 45.7 Å². The van der Waals surface area contributed by atoms with Crippen LogP contribution in [0.4, 0.5) is 15.8 Å². The highest BCUT2D eigenvalue weighted by molar-refractivity contribution is 9.13. The summed E-state index contributed by atoms with van der Waals surface area (Å²) in [6.45, 7) is 0. The molecule has 2 aliphatic heterocycles. The summed E-state index contributed by atoms with van der Waals surface area (Å²) in [5.74, 6) is -7.43. The number of phenolic OH excluding ortho intramolecular Hbond substituents is 1. The average molecular weight is 894 g/mol. The maximum atomic E-state index is 15.4. The van der Waals surface area contributed by atoms with Crippen LogP contribution in [0.5, 0.6) is 11.5 Å². The highest BCUT2D eigenvalue weighted by atomic mass is 79.9. The van der Waals surface area contributed by atoms with Crippen LogP contribution in [-0.4, -0.2) is 58.0 Å². The summed E-state index contributed by atoms with van der Waals surface area (Å²) in [6, 6.07) is 19.3. The molecular formula is C39H30BBr2ClFN3O8. The second-order valence-corrected chi connectivity index (χ2v) is 16.0. The summed E-state index contributed by atoms with van der Waals surface area (Å²) in [4.78, 5) is 60.1. The van der Waals surface area contributed by atoms with Crippen molar-refractivity contribution < 1.29 is 43.5 Å². The number of amides is 4. The number of hydrazine groups is 1. The number of rotatable bonds is 7. The van der Waals surface area contributed by atoms with Gasteiger partial charge in [-0.05, 0) is 122 Å². The van der Waals surface area contributed by atoms with E-state index in [1.54, 1.807) is 30.3 Å². The second kappa shape index (κ2) is 13.9. The number of hydrogen-bond acceptors (Lipinski definition) is 9. The van der Waals surface area contributed by atoms with Gasteiger partial charge in [0.1, 0.15) is 5.82 Å². The molecule has 0 spiro atoms. The standard InChI is InChI=1S/C39H30BBr2ClFN3O8/c1-55-29-17-27(32(41)33(42)34(29)48)31-24-13-14-25-30(37(51)46(35(25)49)23-4-2-3-19(15-23)40(53)54)26(24)16-28-36(50)47(45-22-11-9-21(44)10-12-22)38(52)39(28,31)18-5-7-20(43)8-6-18/h2-13,15,17,25-26,28,30-31,45,48,53-54H,14,16H2,1H3/t25-,26+,28-,30-,31+,39+/m0/s1. The van der Waals surface area contributed by atoms with E-state index in [9.17, 15) is 33.9 Å². The SMILES string of the molecule is COc1cc([C@H]2C3=CC[C@@H]4C(=O)N(c5cccc(B(O)O)c5)C(=O)[C@@H]4[C@@H]3C[C@H]3C(=O)N(Nc4ccc(F)cc4)C(=O)[C@@]23c2ccc(Cl)cc2)c(Br)c(Br)c1O. The minimum atomic E-state index is -1.83. The largest absolute Gasteiger partial charge is 0.503 e. The third-order valence-electron chi connectivity index (χ3n) is 11.4. The number of methoxy groups -OCH3 is 1. The van der Waals surface area contributed by atoms with Crippen molar-refractivity contribution in [2.75, 3.05) is 17.4 Å². The fourth-order valence-electron chi connectivity index (χ4n) is 9.06. The minimum Gasteiger partial charge on any atom is -0.503 e. The first-order chi connectivity index (χ1) is 26.3. The van der Waals surface area contributed by atoms with Gasteiger partial charge in [-0.2, -0.15) is 5.01 Å². The molecule has 4 aromatic rings. The molecule has 280 valence electrons. The molecule has 11 nitrogen and oxygen atoms in total. The molecule has 2 heterocycles. The fourth-order valence-corrected chi connectivity index (χ4v) is 10.1. The average Bonchev–Trinajstić information content (AvgIpc) is 3.56. The maximum absolute atomic E-state index is 15.4. The quantitative estimate of drug-likeness (QED) is 0.106. The van der Waals surface area contributed by atoms with Gasteiger partial charge in [0.05, 0.1) is 46.1 Å². The van der Waals surface area contributed by atoms with Crippen LogP contribution in [0.2, 0.25) is 5.02 Å². The Balaban J connectivity index is 1.35. The lowest BCUT2D eigenvalue weighted by molar-refractivity contribution is -0.138. The molecule has 0 unspecified atom stereocenters. The topological polar surface area (TPSA) is 157 Å². The number of benzene rings is 4. The molecule has 0 radical (unpaired) electrons. The highest BCUT2D eigenvalue weighted by Crippen LogP contribution is 2.65. The van der Waals surface area contributed by atoms with Crippen molar-refractivity contribution in [1.29, 1.82) is 0 Å². The molecule has 6 atom stereocenters. The molecule has 4 N–H and O–H groups in total. The molecule has 0 bridgehead atoms. The lowest BCUT2D eigenvalue weighted by atomic mass is 9.49. The Morgan fingerprint density at radius 3 is 2.31 bits per heavy atom. The van der Waals surface area contributed by atoms with Crippen LogP contribution in [0.15, 0.2) is 99.5 Å². The fraction of sp³-hybridized carbons (Fsp3) is 0.231. The summed E-state index contributed by atoms with van der Waals surface area (Å²) >= 11 is 13.5. The Morgan fingerprint density at radius 2 is 1.64 bits per heavy atom. The van der Waals surface area contributed by atoms with Gasteiger partial charge in [0.25, 0.3) is 11.8 Å². The van der Waals surface area contributed by atoms with E-state index in [0.717, 1.165) is 9.91 Å². The van der Waals surface area contributed by atoms with Crippen LogP contribution in [0.3, 0.4) is 0 Å². The molecular weight excluding hydrogens is 864 g/mol. The van der Waals surface area contributed by atoms with E-state index >= 15 is 4.79 Å². The van der Waals surface area contributed by atoms with Crippen molar-refractivity contribution in [3.8, 4) is 11.5 Å². The summed E-state index contributed by atoms with van der Waals surface area (Å²) in [7, 11) is -0.452. The van der Waals surface area contributed by atoms with E-state index < -0.39 is 71.6 Å². The van der Waals surface area contributed by atoms with Crippen LogP contribution in [0.25, 0.3) is 0 Å². The number of nitrogens with zero attached hydrogens (tertiary/aromatic N) is 2.